The number of esters is 1. The number of nitrogens with one attached hydrogen (secondary N) is 1. The second kappa shape index (κ2) is 10.6. The molecule has 3 aromatic rings. The van der Waals surface area contributed by atoms with Gasteiger partial charge in [0, 0.05) is 0 Å². The number of nitrogens with zero attached hydrogens (tertiary/aromatic N) is 1. The summed E-state index contributed by atoms with van der Waals surface area (Å²) in [5, 5.41) is 3.90. The van der Waals surface area contributed by atoms with E-state index in [0.717, 1.165) is 11.1 Å². The molecule has 0 atom stereocenters. The molecule has 7 nitrogen and oxygen atoms in total. The fourth-order valence-electron chi connectivity index (χ4n) is 2.65. The largest absolute Gasteiger partial charge is 0.493 e. The van der Waals surface area contributed by atoms with Gasteiger partial charge in [0.1, 0.15) is 5.75 Å². The molecule has 1 N–H and O–H groups in total. The van der Waals surface area contributed by atoms with E-state index < -0.39 is 11.9 Å². The Hall–Kier alpha value is -4.13. The molecule has 0 aliphatic heterocycles. The van der Waals surface area contributed by atoms with Crippen LogP contribution >= 0.6 is 0 Å². The van der Waals surface area contributed by atoms with Crippen molar-refractivity contribution in [3.05, 3.63) is 89.5 Å². The van der Waals surface area contributed by atoms with E-state index >= 15 is 0 Å². The Morgan fingerprint density at radius 1 is 0.968 bits per heavy atom. The van der Waals surface area contributed by atoms with E-state index in [0.29, 0.717) is 22.8 Å². The Kier molecular flexibility index (Phi) is 7.37. The van der Waals surface area contributed by atoms with Gasteiger partial charge in [-0.05, 0) is 61.0 Å². The van der Waals surface area contributed by atoms with Crippen LogP contribution in [0, 0.1) is 6.92 Å². The number of hydrogen-bond donors (Lipinski definition) is 1. The second-order valence-electron chi connectivity index (χ2n) is 6.56. The van der Waals surface area contributed by atoms with E-state index in [-0.39, 0.29) is 6.61 Å². The van der Waals surface area contributed by atoms with Crippen molar-refractivity contribution in [3.63, 3.8) is 0 Å². The first-order valence-electron chi connectivity index (χ1n) is 9.52. The van der Waals surface area contributed by atoms with Crippen molar-refractivity contribution in [2.24, 2.45) is 5.10 Å². The monoisotopic (exact) mass is 418 g/mol. The molecule has 0 radical (unpaired) electrons. The SMILES string of the molecule is COc1ccccc1OCC(=O)N/N=C\c1ccc(OC(=O)c2cccc(C)c2)cc1. The number of ether oxygens (including phenoxy) is 3. The molecule has 3 rings (SSSR count). The fourth-order valence-corrected chi connectivity index (χ4v) is 2.65. The van der Waals surface area contributed by atoms with Gasteiger partial charge in [-0.25, -0.2) is 10.2 Å². The van der Waals surface area contributed by atoms with Gasteiger partial charge in [0.15, 0.2) is 18.1 Å². The molecule has 0 heterocycles. The summed E-state index contributed by atoms with van der Waals surface area (Å²) < 4.78 is 16.0. The lowest BCUT2D eigenvalue weighted by Gasteiger charge is -2.09. The Morgan fingerprint density at radius 3 is 2.42 bits per heavy atom. The molecule has 31 heavy (non-hydrogen) atoms. The van der Waals surface area contributed by atoms with Crippen molar-refractivity contribution in [2.45, 2.75) is 6.92 Å². The van der Waals surface area contributed by atoms with E-state index in [1.165, 1.54) is 13.3 Å². The standard InChI is InChI=1S/C24H22N2O5/c1-17-6-5-7-19(14-17)24(28)31-20-12-10-18(11-13-20)15-25-26-23(27)16-30-22-9-4-3-8-21(22)29-2/h3-15H,16H2,1-2H3,(H,26,27)/b25-15-. The van der Waals surface area contributed by atoms with E-state index in [2.05, 4.69) is 10.5 Å². The van der Waals surface area contributed by atoms with Crippen LogP contribution in [0.15, 0.2) is 77.9 Å². The maximum Gasteiger partial charge on any atom is 0.343 e. The molecule has 0 bridgehead atoms. The highest BCUT2D eigenvalue weighted by Gasteiger charge is 2.09. The van der Waals surface area contributed by atoms with Crippen LogP contribution in [0.5, 0.6) is 17.2 Å². The van der Waals surface area contributed by atoms with Crippen LogP contribution in [0.4, 0.5) is 0 Å². The van der Waals surface area contributed by atoms with Crippen LogP contribution < -0.4 is 19.6 Å². The van der Waals surface area contributed by atoms with Gasteiger partial charge in [-0.2, -0.15) is 5.10 Å². The van der Waals surface area contributed by atoms with Crippen molar-refractivity contribution < 1.29 is 23.8 Å². The van der Waals surface area contributed by atoms with Crippen LogP contribution in [0.25, 0.3) is 0 Å². The molecule has 0 aliphatic carbocycles. The molecular weight excluding hydrogens is 396 g/mol. The predicted molar refractivity (Wildman–Crippen MR) is 117 cm³/mol. The van der Waals surface area contributed by atoms with Gasteiger partial charge in [0.2, 0.25) is 0 Å². The summed E-state index contributed by atoms with van der Waals surface area (Å²) >= 11 is 0. The molecular formula is C24H22N2O5. The normalized spacial score (nSPS) is 10.5. The molecule has 0 unspecified atom stereocenters. The molecule has 1 amide bonds. The van der Waals surface area contributed by atoms with Gasteiger partial charge in [0.25, 0.3) is 5.91 Å². The van der Waals surface area contributed by atoms with Crippen molar-refractivity contribution in [1.82, 2.24) is 5.43 Å². The first-order valence-corrected chi connectivity index (χ1v) is 9.52. The number of aryl methyl sites for hydroxylation is 1. The zero-order valence-electron chi connectivity index (χ0n) is 17.2. The third-order valence-corrected chi connectivity index (χ3v) is 4.18. The predicted octanol–water partition coefficient (Wildman–Crippen LogP) is 3.75. The Morgan fingerprint density at radius 2 is 1.71 bits per heavy atom. The fraction of sp³-hybridized carbons (Fsp3) is 0.125. The maximum absolute atomic E-state index is 12.2. The van der Waals surface area contributed by atoms with Gasteiger partial charge in [-0.1, -0.05) is 29.8 Å². The minimum Gasteiger partial charge on any atom is -0.493 e. The van der Waals surface area contributed by atoms with Gasteiger partial charge >= 0.3 is 5.97 Å². The number of carbonyl (C=O) groups is 2. The molecule has 0 saturated heterocycles. The molecule has 0 aromatic heterocycles. The van der Waals surface area contributed by atoms with E-state index in [1.807, 2.05) is 19.1 Å². The number of hydrogen-bond acceptors (Lipinski definition) is 6. The summed E-state index contributed by atoms with van der Waals surface area (Å²) in [6.07, 6.45) is 1.48. The lowest BCUT2D eigenvalue weighted by molar-refractivity contribution is -0.123. The molecule has 0 aliphatic rings. The van der Waals surface area contributed by atoms with Crippen LogP contribution in [0.1, 0.15) is 21.5 Å². The van der Waals surface area contributed by atoms with Crippen molar-refractivity contribution in [2.75, 3.05) is 13.7 Å². The first kappa shape index (κ1) is 21.6. The van der Waals surface area contributed by atoms with E-state index in [4.69, 9.17) is 14.2 Å². The summed E-state index contributed by atoms with van der Waals surface area (Å²) in [6.45, 7) is 1.71. The third-order valence-electron chi connectivity index (χ3n) is 4.18. The lowest BCUT2D eigenvalue weighted by Crippen LogP contribution is -2.24. The number of benzene rings is 3. The minimum atomic E-state index is -0.424. The molecule has 0 spiro atoms. The number of carbonyl (C=O) groups excluding carboxylic acids is 2. The summed E-state index contributed by atoms with van der Waals surface area (Å²) in [5.41, 5.74) is 4.59. The number of amides is 1. The average molecular weight is 418 g/mol. The number of methoxy groups -OCH3 is 1. The van der Waals surface area contributed by atoms with Crippen LogP contribution in [-0.2, 0) is 4.79 Å². The van der Waals surface area contributed by atoms with Gasteiger partial charge < -0.3 is 14.2 Å². The van der Waals surface area contributed by atoms with Crippen molar-refractivity contribution in [3.8, 4) is 17.2 Å². The van der Waals surface area contributed by atoms with Crippen molar-refractivity contribution >= 4 is 18.1 Å². The van der Waals surface area contributed by atoms with Crippen molar-refractivity contribution in [1.29, 1.82) is 0 Å². The highest BCUT2D eigenvalue weighted by Crippen LogP contribution is 2.25. The third kappa shape index (κ3) is 6.43. The molecule has 158 valence electrons. The second-order valence-corrected chi connectivity index (χ2v) is 6.56. The molecule has 0 saturated carbocycles. The first-order chi connectivity index (χ1) is 15.0. The molecule has 7 heteroatoms. The highest BCUT2D eigenvalue weighted by atomic mass is 16.5. The number of para-hydroxylation sites is 2. The topological polar surface area (TPSA) is 86.2 Å². The average Bonchev–Trinajstić information content (AvgIpc) is 2.79. The van der Waals surface area contributed by atoms with Crippen LogP contribution in [-0.4, -0.2) is 31.8 Å². The number of rotatable bonds is 8. The zero-order chi connectivity index (χ0) is 22.1. The quantitative estimate of drug-likeness (QED) is 0.261. The molecule has 3 aromatic carbocycles. The maximum atomic E-state index is 12.2. The summed E-state index contributed by atoms with van der Waals surface area (Å²) in [7, 11) is 1.53. The van der Waals surface area contributed by atoms with Crippen LogP contribution in [0.2, 0.25) is 0 Å². The molecule has 0 fully saturated rings. The smallest absolute Gasteiger partial charge is 0.343 e. The number of hydrazone groups is 1. The van der Waals surface area contributed by atoms with Gasteiger partial charge in [-0.15, -0.1) is 0 Å². The highest BCUT2D eigenvalue weighted by molar-refractivity contribution is 5.91. The Bertz CT molecular complexity index is 1080. The summed E-state index contributed by atoms with van der Waals surface area (Å²) in [6, 6.07) is 21.0. The van der Waals surface area contributed by atoms with Gasteiger partial charge in [-0.3, -0.25) is 4.79 Å². The summed E-state index contributed by atoms with van der Waals surface area (Å²) in [5.74, 6) is 0.595. The Labute approximate surface area is 180 Å². The lowest BCUT2D eigenvalue weighted by atomic mass is 10.1. The van der Waals surface area contributed by atoms with Gasteiger partial charge in [0.05, 0.1) is 18.9 Å². The summed E-state index contributed by atoms with van der Waals surface area (Å²) in [4.78, 5) is 24.1. The zero-order valence-corrected chi connectivity index (χ0v) is 17.2. The Balaban J connectivity index is 1.48. The minimum absolute atomic E-state index is 0.203. The van der Waals surface area contributed by atoms with Crippen LogP contribution in [0.3, 0.4) is 0 Å². The van der Waals surface area contributed by atoms with E-state index in [1.54, 1.807) is 60.7 Å². The van der Waals surface area contributed by atoms with E-state index in [9.17, 15) is 9.59 Å².